The number of nitrogens with one attached hydrogen (secondary N) is 1. The van der Waals surface area contributed by atoms with Crippen molar-refractivity contribution in [1.82, 2.24) is 15.2 Å². The fraction of sp³-hybridized carbons (Fsp3) is 0.250. The molecular formula is C40H37N5O7S3. The van der Waals surface area contributed by atoms with Crippen molar-refractivity contribution in [2.24, 2.45) is 10.6 Å². The molecule has 0 unspecified atom stereocenters. The normalized spacial score (nSPS) is 17.0. The third-order valence-electron chi connectivity index (χ3n) is 8.53. The van der Waals surface area contributed by atoms with Gasteiger partial charge < -0.3 is 25.4 Å². The number of benzene rings is 3. The number of nitrogens with two attached hydrogens (primary N) is 1. The summed E-state index contributed by atoms with van der Waals surface area (Å²) in [7, 11) is 0. The van der Waals surface area contributed by atoms with Crippen molar-refractivity contribution in [3.63, 3.8) is 0 Å². The standard InChI is InChI=1S/C40H37N5O7S3/c1-5-21-53-29-23-54-35-31(34(47)45(35)32(29)36(48)50-24-51-37(49)39(2,3)4)43-33(46)30(28-22-55-38(41)42-28)44-52-40(25-15-9-6-10-16-25,26-17-11-7-12-18-26)27-19-13-8-14-20-27/h1,6-20,22,31,35H,21,23-24H2,2-4H3,(H2,41,42)(H,43,46)/b44-30-/t31-,35+/m1/s1. The number of nitrogen functional groups attached to an aromatic ring is 1. The van der Waals surface area contributed by atoms with Gasteiger partial charge in [0.15, 0.2) is 10.8 Å². The van der Waals surface area contributed by atoms with Gasteiger partial charge in [-0.2, -0.15) is 0 Å². The molecule has 2 aliphatic heterocycles. The molecule has 1 saturated heterocycles. The number of hydrogen-bond acceptors (Lipinski definition) is 13. The molecule has 15 heteroatoms. The molecule has 3 N–H and O–H groups in total. The first-order chi connectivity index (χ1) is 26.5. The maximum atomic E-state index is 14.3. The van der Waals surface area contributed by atoms with E-state index in [1.165, 1.54) is 28.4 Å². The third-order valence-corrected chi connectivity index (χ3v) is 11.7. The lowest BCUT2D eigenvalue weighted by atomic mass is 9.80. The average molecular weight is 796 g/mol. The molecule has 1 aromatic heterocycles. The Labute approximate surface area is 330 Å². The molecule has 4 aromatic rings. The fourth-order valence-corrected chi connectivity index (χ4v) is 8.70. The summed E-state index contributed by atoms with van der Waals surface area (Å²) in [6, 6.07) is 27.5. The highest BCUT2D eigenvalue weighted by Gasteiger charge is 2.55. The number of thiazole rings is 1. The van der Waals surface area contributed by atoms with E-state index in [1.807, 2.05) is 91.0 Å². The molecule has 6 rings (SSSR count). The second-order valence-electron chi connectivity index (χ2n) is 13.2. The number of nitrogens with zero attached hydrogens (tertiary/aromatic N) is 3. The van der Waals surface area contributed by atoms with E-state index in [9.17, 15) is 19.2 Å². The maximum absolute atomic E-state index is 14.3. The topological polar surface area (TPSA) is 163 Å². The number of rotatable bonds is 13. The summed E-state index contributed by atoms with van der Waals surface area (Å²) < 4.78 is 10.4. The number of esters is 2. The smallest absolute Gasteiger partial charge is 0.358 e. The van der Waals surface area contributed by atoms with Crippen LogP contribution in [0.4, 0.5) is 5.13 Å². The van der Waals surface area contributed by atoms with Crippen molar-refractivity contribution in [1.29, 1.82) is 0 Å². The van der Waals surface area contributed by atoms with E-state index in [4.69, 9.17) is 26.5 Å². The lowest BCUT2D eigenvalue weighted by Crippen LogP contribution is -2.71. The molecule has 0 aliphatic carbocycles. The van der Waals surface area contributed by atoms with Crippen molar-refractivity contribution in [3.8, 4) is 12.3 Å². The molecule has 0 bridgehead atoms. The van der Waals surface area contributed by atoms with Crippen molar-refractivity contribution >= 4 is 69.5 Å². The van der Waals surface area contributed by atoms with Crippen LogP contribution in [0.1, 0.15) is 43.2 Å². The average Bonchev–Trinajstić information content (AvgIpc) is 3.63. The Bertz CT molecular complexity index is 2070. The minimum absolute atomic E-state index is 0.0193. The summed E-state index contributed by atoms with van der Waals surface area (Å²) in [6.07, 6.45) is 5.49. The highest BCUT2D eigenvalue weighted by atomic mass is 32.2. The largest absolute Gasteiger partial charge is 0.427 e. The van der Waals surface area contributed by atoms with Crippen molar-refractivity contribution in [2.45, 2.75) is 37.8 Å². The van der Waals surface area contributed by atoms with E-state index in [1.54, 1.807) is 26.2 Å². The van der Waals surface area contributed by atoms with Gasteiger partial charge in [0.05, 0.1) is 11.2 Å². The minimum Gasteiger partial charge on any atom is -0.427 e. The highest BCUT2D eigenvalue weighted by molar-refractivity contribution is 8.06. The van der Waals surface area contributed by atoms with Crippen LogP contribution in [0.3, 0.4) is 0 Å². The Kier molecular flexibility index (Phi) is 12.0. The van der Waals surface area contributed by atoms with Gasteiger partial charge in [-0.15, -0.1) is 41.3 Å². The van der Waals surface area contributed by atoms with E-state index in [0.717, 1.165) is 28.0 Å². The van der Waals surface area contributed by atoms with E-state index < -0.39 is 53.0 Å². The number of carbonyl (C=O) groups excluding carboxylic acids is 4. The molecular weight excluding hydrogens is 759 g/mol. The van der Waals surface area contributed by atoms with Crippen molar-refractivity contribution < 1.29 is 33.5 Å². The van der Waals surface area contributed by atoms with Gasteiger partial charge in [-0.3, -0.25) is 19.3 Å². The predicted octanol–water partition coefficient (Wildman–Crippen LogP) is 5.51. The predicted molar refractivity (Wildman–Crippen MR) is 213 cm³/mol. The van der Waals surface area contributed by atoms with Crippen LogP contribution in [-0.2, 0) is 39.1 Å². The first-order valence-electron chi connectivity index (χ1n) is 17.0. The highest BCUT2D eigenvalue weighted by Crippen LogP contribution is 2.44. The molecule has 0 spiro atoms. The van der Waals surface area contributed by atoms with Crippen LogP contribution in [0.2, 0.25) is 0 Å². The summed E-state index contributed by atoms with van der Waals surface area (Å²) >= 11 is 3.68. The number of β-lactam (4-membered cyclic amide) rings is 1. The second-order valence-corrected chi connectivity index (χ2v) is 16.3. The molecule has 2 aliphatic rings. The number of aromatic nitrogens is 1. The molecule has 55 heavy (non-hydrogen) atoms. The monoisotopic (exact) mass is 795 g/mol. The summed E-state index contributed by atoms with van der Waals surface area (Å²) in [5, 5.41) is 8.42. The first kappa shape index (κ1) is 39.1. The van der Waals surface area contributed by atoms with Gasteiger partial charge in [0.1, 0.15) is 22.8 Å². The fourth-order valence-electron chi connectivity index (χ4n) is 5.84. The Morgan fingerprint density at radius 2 is 1.56 bits per heavy atom. The summed E-state index contributed by atoms with van der Waals surface area (Å²) in [4.78, 5) is 66.5. The van der Waals surface area contributed by atoms with E-state index >= 15 is 0 Å². The van der Waals surface area contributed by atoms with Crippen molar-refractivity contribution in [2.75, 3.05) is 24.0 Å². The van der Waals surface area contributed by atoms with Gasteiger partial charge in [0.2, 0.25) is 12.4 Å². The number of amides is 2. The Morgan fingerprint density at radius 3 is 2.07 bits per heavy atom. The van der Waals surface area contributed by atoms with Crippen molar-refractivity contribution in [3.05, 3.63) is 129 Å². The second kappa shape index (κ2) is 16.8. The summed E-state index contributed by atoms with van der Waals surface area (Å²) in [5.74, 6) is 0.332. The van der Waals surface area contributed by atoms with Crippen LogP contribution >= 0.6 is 34.9 Å². The number of oxime groups is 1. The molecule has 1 fully saturated rings. The number of ether oxygens (including phenoxy) is 2. The van der Waals surface area contributed by atoms with Crippen LogP contribution < -0.4 is 11.1 Å². The number of terminal acetylenes is 1. The molecule has 3 aromatic carbocycles. The summed E-state index contributed by atoms with van der Waals surface area (Å²) in [6.45, 7) is 4.37. The van der Waals surface area contributed by atoms with Crippen LogP contribution in [0, 0.1) is 17.8 Å². The third kappa shape index (κ3) is 8.26. The van der Waals surface area contributed by atoms with Crippen LogP contribution in [-0.4, -0.2) is 69.1 Å². The molecule has 2 atom stereocenters. The number of thioether (sulfide) groups is 2. The van der Waals surface area contributed by atoms with E-state index in [0.29, 0.717) is 10.7 Å². The van der Waals surface area contributed by atoms with Gasteiger partial charge in [-0.05, 0) is 20.8 Å². The minimum atomic E-state index is -1.31. The molecule has 0 radical (unpaired) electrons. The number of carbonyl (C=O) groups is 4. The van der Waals surface area contributed by atoms with Gasteiger partial charge in [0, 0.05) is 32.7 Å². The Hall–Kier alpha value is -5.56. The van der Waals surface area contributed by atoms with Crippen LogP contribution in [0.5, 0.6) is 0 Å². The first-order valence-corrected chi connectivity index (χ1v) is 19.9. The molecule has 282 valence electrons. The molecule has 3 heterocycles. The molecule has 2 amide bonds. The van der Waals surface area contributed by atoms with Gasteiger partial charge in [-0.25, -0.2) is 9.78 Å². The summed E-state index contributed by atoms with van der Waals surface area (Å²) in [5.41, 5.74) is 6.03. The lowest BCUT2D eigenvalue weighted by Gasteiger charge is -2.49. The zero-order valence-corrected chi connectivity index (χ0v) is 32.5. The van der Waals surface area contributed by atoms with E-state index in [-0.39, 0.29) is 28.0 Å². The zero-order valence-electron chi connectivity index (χ0n) is 30.1. The Balaban J connectivity index is 1.31. The quantitative estimate of drug-likeness (QED) is 0.0334. The van der Waals surface area contributed by atoms with Crippen LogP contribution in [0.15, 0.2) is 112 Å². The van der Waals surface area contributed by atoms with Gasteiger partial charge in [0.25, 0.3) is 11.8 Å². The molecule has 0 saturated carbocycles. The maximum Gasteiger partial charge on any atom is 0.358 e. The van der Waals surface area contributed by atoms with Gasteiger partial charge >= 0.3 is 11.9 Å². The zero-order chi connectivity index (χ0) is 39.2. The Morgan fingerprint density at radius 1 is 0.982 bits per heavy atom. The number of fused-ring (bicyclic) bond motifs is 1. The number of anilines is 1. The number of hydrogen-bond donors (Lipinski definition) is 2. The lowest BCUT2D eigenvalue weighted by molar-refractivity contribution is -0.173. The SMILES string of the molecule is C#CCSC1=C(C(=O)OCOC(=O)C(C)(C)C)N2C(=O)[C@@H](NC(=O)/C(=N\OC(c3ccccc3)(c3ccccc3)c3ccccc3)c3csc(N)n3)[C@@H]2SC1. The van der Waals surface area contributed by atoms with Gasteiger partial charge in [-0.1, -0.05) is 102 Å². The molecule has 12 nitrogen and oxygen atoms in total. The van der Waals surface area contributed by atoms with E-state index in [2.05, 4.69) is 21.4 Å². The van der Waals surface area contributed by atoms with Crippen LogP contribution in [0.25, 0.3) is 0 Å².